The second kappa shape index (κ2) is 8.46. The van der Waals surface area contributed by atoms with E-state index >= 15 is 0 Å². The molecule has 0 heterocycles. The molecule has 0 aliphatic heterocycles. The molecule has 132 valence electrons. The van der Waals surface area contributed by atoms with Crippen LogP contribution < -0.4 is 0 Å². The lowest BCUT2D eigenvalue weighted by molar-refractivity contribution is 1.04. The van der Waals surface area contributed by atoms with E-state index in [4.69, 9.17) is 116 Å². The van der Waals surface area contributed by atoms with Gasteiger partial charge in [-0.15, -0.1) is 0 Å². The highest BCUT2D eigenvalue weighted by atomic mass is 35.5. The zero-order valence-electron chi connectivity index (χ0n) is 11.3. The molecule has 1 nitrogen and oxygen atoms in total. The first-order chi connectivity index (χ1) is 11.6. The summed E-state index contributed by atoms with van der Waals surface area (Å²) >= 11 is 61.1. The van der Waals surface area contributed by atoms with Crippen LogP contribution in [0.15, 0.2) is 0 Å². The van der Waals surface area contributed by atoms with Crippen LogP contribution in [0.1, 0.15) is 17.0 Å². The van der Waals surface area contributed by atoms with Crippen LogP contribution in [-0.4, -0.2) is 0 Å². The number of nitriles is 1. The molecule has 0 radical (unpaired) electrons. The molecule has 0 saturated carbocycles. The largest absolute Gasteiger partial charge is 0.197 e. The van der Waals surface area contributed by atoms with Crippen LogP contribution in [0.2, 0.25) is 50.2 Å². The zero-order chi connectivity index (χ0) is 19.2. The molecule has 0 amide bonds. The van der Waals surface area contributed by atoms with Crippen molar-refractivity contribution in [1.29, 1.82) is 5.26 Å². The Balaban J connectivity index is 2.93. The molecule has 0 unspecified atom stereocenters. The minimum atomic E-state index is -1.19. The monoisotopic (exact) mass is 533 g/mol. The van der Waals surface area contributed by atoms with Crippen LogP contribution in [0.25, 0.3) is 0 Å². The van der Waals surface area contributed by atoms with Crippen LogP contribution in [0, 0.1) is 11.3 Å². The highest BCUT2D eigenvalue weighted by molar-refractivity contribution is 6.56. The lowest BCUT2D eigenvalue weighted by Gasteiger charge is -2.20. The normalized spacial score (nSPS) is 11.1. The summed E-state index contributed by atoms with van der Waals surface area (Å²) in [5.74, 6) is -1.19. The number of nitrogens with zero attached hydrogens (tertiary/aromatic N) is 1. The topological polar surface area (TPSA) is 23.8 Å². The first-order valence-corrected chi connectivity index (χ1v) is 9.76. The predicted molar refractivity (Wildman–Crippen MR) is 110 cm³/mol. The van der Waals surface area contributed by atoms with Crippen molar-refractivity contribution in [3.8, 4) is 6.07 Å². The quantitative estimate of drug-likeness (QED) is 0.276. The van der Waals surface area contributed by atoms with E-state index in [1.807, 2.05) is 6.07 Å². The Morgan fingerprint density at radius 1 is 0.440 bits per heavy atom. The van der Waals surface area contributed by atoms with Crippen LogP contribution in [-0.2, 0) is 0 Å². The summed E-state index contributed by atoms with van der Waals surface area (Å²) in [6.45, 7) is 0. The highest BCUT2D eigenvalue weighted by Gasteiger charge is 2.32. The molecule has 0 saturated heterocycles. The van der Waals surface area contributed by atoms with Crippen molar-refractivity contribution >= 4 is 116 Å². The lowest BCUT2D eigenvalue weighted by atomic mass is 9.92. The van der Waals surface area contributed by atoms with Gasteiger partial charge in [0.05, 0.1) is 56.3 Å². The predicted octanol–water partition coefficient (Wildman–Crippen LogP) is 9.88. The molecular formula is C14HCl10N. The Morgan fingerprint density at radius 2 is 0.640 bits per heavy atom. The summed E-state index contributed by atoms with van der Waals surface area (Å²) in [4.78, 5) is 0. The maximum absolute atomic E-state index is 9.71. The van der Waals surface area contributed by atoms with E-state index in [1.165, 1.54) is 0 Å². The molecule has 25 heavy (non-hydrogen) atoms. The summed E-state index contributed by atoms with van der Waals surface area (Å²) < 4.78 is 0. The van der Waals surface area contributed by atoms with Gasteiger partial charge in [-0.2, -0.15) is 5.26 Å². The lowest BCUT2D eigenvalue weighted by Crippen LogP contribution is -2.05. The van der Waals surface area contributed by atoms with Gasteiger partial charge >= 0.3 is 0 Å². The van der Waals surface area contributed by atoms with Gasteiger partial charge in [0.25, 0.3) is 0 Å². The second-order valence-electron chi connectivity index (χ2n) is 4.53. The van der Waals surface area contributed by atoms with E-state index in [0.29, 0.717) is 0 Å². The van der Waals surface area contributed by atoms with Gasteiger partial charge in [-0.3, -0.25) is 0 Å². The Kier molecular flexibility index (Phi) is 7.48. The molecule has 0 spiro atoms. The molecule has 0 atom stereocenters. The van der Waals surface area contributed by atoms with Crippen molar-refractivity contribution in [3.63, 3.8) is 0 Å². The molecule has 0 N–H and O–H groups in total. The molecular weight excluding hydrogens is 537 g/mol. The van der Waals surface area contributed by atoms with Crippen molar-refractivity contribution in [2.75, 3.05) is 0 Å². The summed E-state index contributed by atoms with van der Waals surface area (Å²) in [6, 6.07) is 1.99. The third-order valence-electron chi connectivity index (χ3n) is 3.19. The third-order valence-corrected chi connectivity index (χ3v) is 7.81. The fourth-order valence-electron chi connectivity index (χ4n) is 2.02. The standard InChI is InChI=1S/C14HCl10N/c15-5-3(6(16)10(20)13(23)9(5)19)2(1-25)4-7(17)11(21)14(24)12(22)8(4)18/h2H. The number of hydrogen-bond donors (Lipinski definition) is 0. The number of halogens is 10. The van der Waals surface area contributed by atoms with E-state index in [1.54, 1.807) is 0 Å². The highest BCUT2D eigenvalue weighted by Crippen LogP contribution is 2.52. The molecule has 11 heteroatoms. The van der Waals surface area contributed by atoms with Crippen molar-refractivity contribution in [3.05, 3.63) is 61.4 Å². The fourth-order valence-corrected chi connectivity index (χ4v) is 4.77. The van der Waals surface area contributed by atoms with E-state index < -0.39 is 5.92 Å². The van der Waals surface area contributed by atoms with Gasteiger partial charge in [0.15, 0.2) is 0 Å². The number of benzene rings is 2. The van der Waals surface area contributed by atoms with Gasteiger partial charge in [0, 0.05) is 11.1 Å². The van der Waals surface area contributed by atoms with Gasteiger partial charge in [-0.25, -0.2) is 0 Å². The first kappa shape index (κ1) is 22.1. The molecule has 0 fully saturated rings. The van der Waals surface area contributed by atoms with Crippen LogP contribution in [0.4, 0.5) is 0 Å². The minimum Gasteiger partial charge on any atom is -0.197 e. The van der Waals surface area contributed by atoms with Crippen LogP contribution in [0.3, 0.4) is 0 Å². The molecule has 0 aliphatic rings. The van der Waals surface area contributed by atoms with Crippen molar-refractivity contribution in [2.45, 2.75) is 5.92 Å². The summed E-state index contributed by atoms with van der Waals surface area (Å²) in [5.41, 5.74) is 0.118. The van der Waals surface area contributed by atoms with E-state index in [0.717, 1.165) is 0 Å². The summed E-state index contributed by atoms with van der Waals surface area (Å²) in [7, 11) is 0. The minimum absolute atomic E-state index is 0.0527. The molecule has 0 bridgehead atoms. The maximum atomic E-state index is 9.71. The molecule has 2 aromatic rings. The number of hydrogen-bond acceptors (Lipinski definition) is 1. The summed E-state index contributed by atoms with van der Waals surface area (Å²) in [6.07, 6.45) is 0. The third kappa shape index (κ3) is 3.74. The number of rotatable bonds is 2. The Bertz CT molecular complexity index is 803. The second-order valence-corrected chi connectivity index (χ2v) is 8.31. The van der Waals surface area contributed by atoms with Crippen molar-refractivity contribution in [2.24, 2.45) is 0 Å². The molecule has 2 aromatic carbocycles. The maximum Gasteiger partial charge on any atom is 0.102 e. The fraction of sp³-hybridized carbons (Fsp3) is 0.0714. The van der Waals surface area contributed by atoms with Gasteiger partial charge in [-0.05, 0) is 0 Å². The molecule has 0 aromatic heterocycles. The van der Waals surface area contributed by atoms with E-state index in [2.05, 4.69) is 0 Å². The average molecular weight is 538 g/mol. The van der Waals surface area contributed by atoms with E-state index in [9.17, 15) is 5.26 Å². The average Bonchev–Trinajstić information content (AvgIpc) is 2.60. The van der Waals surface area contributed by atoms with Gasteiger partial charge in [-0.1, -0.05) is 116 Å². The first-order valence-electron chi connectivity index (χ1n) is 5.98. The SMILES string of the molecule is N#CC(c1c(Cl)c(Cl)c(Cl)c(Cl)c1Cl)c1c(Cl)c(Cl)c(Cl)c(Cl)c1Cl. The van der Waals surface area contributed by atoms with Gasteiger partial charge in [0.2, 0.25) is 0 Å². The van der Waals surface area contributed by atoms with Gasteiger partial charge < -0.3 is 0 Å². The van der Waals surface area contributed by atoms with E-state index in [-0.39, 0.29) is 61.4 Å². The van der Waals surface area contributed by atoms with Gasteiger partial charge in [0.1, 0.15) is 5.92 Å². The molecule has 0 aliphatic carbocycles. The zero-order valence-corrected chi connectivity index (χ0v) is 18.9. The van der Waals surface area contributed by atoms with Crippen LogP contribution in [0.5, 0.6) is 0 Å². The van der Waals surface area contributed by atoms with Crippen LogP contribution >= 0.6 is 116 Å². The Hall–Kier alpha value is 0.830. The Morgan fingerprint density at radius 3 is 0.840 bits per heavy atom. The molecule has 2 rings (SSSR count). The van der Waals surface area contributed by atoms with Crippen molar-refractivity contribution < 1.29 is 0 Å². The Labute approximate surface area is 193 Å². The van der Waals surface area contributed by atoms with Crippen molar-refractivity contribution in [1.82, 2.24) is 0 Å². The summed E-state index contributed by atoms with van der Waals surface area (Å²) in [5, 5.41) is 8.97. The smallest absolute Gasteiger partial charge is 0.102 e.